The zero-order valence-electron chi connectivity index (χ0n) is 12.6. The van der Waals surface area contributed by atoms with Gasteiger partial charge in [0.05, 0.1) is 32.5 Å². The second-order valence-electron chi connectivity index (χ2n) is 4.92. The maximum Gasteiger partial charge on any atom is 0.245 e. The fourth-order valence-corrected chi connectivity index (χ4v) is 2.25. The summed E-state index contributed by atoms with van der Waals surface area (Å²) in [6.45, 7) is 5.13. The number of halogens is 1. The van der Waals surface area contributed by atoms with E-state index in [1.807, 2.05) is 6.92 Å². The Morgan fingerprint density at radius 2 is 2.23 bits per heavy atom. The molecule has 0 aromatic heterocycles. The lowest BCUT2D eigenvalue weighted by molar-refractivity contribution is -0.159. The minimum Gasteiger partial charge on any atom is -0.493 e. The van der Waals surface area contributed by atoms with Crippen LogP contribution >= 0.6 is 11.6 Å². The van der Waals surface area contributed by atoms with E-state index in [0.29, 0.717) is 36.2 Å². The third-order valence-corrected chi connectivity index (χ3v) is 3.28. The first-order chi connectivity index (χ1) is 10.5. The molecule has 120 valence electrons. The van der Waals surface area contributed by atoms with Crippen molar-refractivity contribution in [2.45, 2.75) is 26.1 Å². The molecule has 0 unspecified atom stereocenters. The Hall–Kier alpha value is -1.63. The number of benzene rings is 1. The number of nitrogens with one attached hydrogen (secondary N) is 1. The molecular formula is C15H19ClN2O4. The van der Waals surface area contributed by atoms with Gasteiger partial charge in [0.2, 0.25) is 5.91 Å². The van der Waals surface area contributed by atoms with Crippen LogP contribution in [-0.4, -0.2) is 37.7 Å². The number of ether oxygens (including phenoxy) is 3. The molecule has 7 heteroatoms. The molecule has 1 amide bonds. The maximum absolute atomic E-state index is 11.8. The largest absolute Gasteiger partial charge is 0.493 e. The van der Waals surface area contributed by atoms with Gasteiger partial charge in [0.25, 0.3) is 0 Å². The molecular weight excluding hydrogens is 308 g/mol. The molecule has 0 radical (unpaired) electrons. The van der Waals surface area contributed by atoms with Gasteiger partial charge in [0, 0.05) is 10.6 Å². The lowest BCUT2D eigenvalue weighted by atomic mass is 10.2. The van der Waals surface area contributed by atoms with Crippen LogP contribution in [0.2, 0.25) is 5.02 Å². The third kappa shape index (κ3) is 4.69. The van der Waals surface area contributed by atoms with Gasteiger partial charge in [0.15, 0.2) is 5.79 Å². The summed E-state index contributed by atoms with van der Waals surface area (Å²) in [4.78, 5) is 11.8. The van der Waals surface area contributed by atoms with Gasteiger partial charge in [-0.25, -0.2) is 5.43 Å². The molecule has 0 saturated carbocycles. The van der Waals surface area contributed by atoms with Crippen LogP contribution in [0.15, 0.2) is 23.3 Å². The second-order valence-corrected chi connectivity index (χ2v) is 5.35. The van der Waals surface area contributed by atoms with E-state index in [9.17, 15) is 4.79 Å². The summed E-state index contributed by atoms with van der Waals surface area (Å²) >= 11 is 5.95. The number of carbonyl (C=O) groups excluding carboxylic acids is 1. The highest BCUT2D eigenvalue weighted by Crippen LogP contribution is 2.23. The molecule has 1 aliphatic rings. The standard InChI is InChI=1S/C15H19ClN2O4/c1-3-20-13-5-4-12(16)8-11(13)10-17-18-14(19)9-15(2)21-6-7-22-15/h4-5,8,10H,3,6-7,9H2,1-2H3,(H,18,19). The lowest BCUT2D eigenvalue weighted by Gasteiger charge is -2.20. The molecule has 1 fully saturated rings. The van der Waals surface area contributed by atoms with Crippen LogP contribution < -0.4 is 10.2 Å². The Bertz CT molecular complexity index is 556. The smallest absolute Gasteiger partial charge is 0.245 e. The average molecular weight is 327 g/mol. The van der Waals surface area contributed by atoms with E-state index in [4.69, 9.17) is 25.8 Å². The highest BCUT2D eigenvalue weighted by molar-refractivity contribution is 6.30. The summed E-state index contributed by atoms with van der Waals surface area (Å²) in [6, 6.07) is 5.21. The maximum atomic E-state index is 11.8. The zero-order valence-corrected chi connectivity index (χ0v) is 13.4. The average Bonchev–Trinajstić information content (AvgIpc) is 2.88. The molecule has 2 rings (SSSR count). The van der Waals surface area contributed by atoms with Gasteiger partial charge in [0.1, 0.15) is 5.75 Å². The Balaban J connectivity index is 1.94. The second kappa shape index (κ2) is 7.58. The number of hydrazone groups is 1. The minimum atomic E-state index is -0.869. The third-order valence-electron chi connectivity index (χ3n) is 3.04. The molecule has 1 aromatic rings. The van der Waals surface area contributed by atoms with Gasteiger partial charge in [-0.2, -0.15) is 5.10 Å². The van der Waals surface area contributed by atoms with Crippen molar-refractivity contribution < 1.29 is 19.0 Å². The number of nitrogens with zero attached hydrogens (tertiary/aromatic N) is 1. The van der Waals surface area contributed by atoms with Crippen molar-refractivity contribution in [3.8, 4) is 5.75 Å². The van der Waals surface area contributed by atoms with Gasteiger partial charge >= 0.3 is 0 Å². The molecule has 1 aromatic carbocycles. The number of hydrogen-bond acceptors (Lipinski definition) is 5. The summed E-state index contributed by atoms with van der Waals surface area (Å²) in [6.07, 6.45) is 1.58. The summed E-state index contributed by atoms with van der Waals surface area (Å²) < 4.78 is 16.2. The molecule has 0 bridgehead atoms. The first-order valence-corrected chi connectivity index (χ1v) is 7.42. The highest BCUT2D eigenvalue weighted by Gasteiger charge is 2.33. The molecule has 22 heavy (non-hydrogen) atoms. The Morgan fingerprint density at radius 3 is 2.91 bits per heavy atom. The number of rotatable bonds is 6. The van der Waals surface area contributed by atoms with Crippen LogP contribution in [0.3, 0.4) is 0 Å². The summed E-state index contributed by atoms with van der Waals surface area (Å²) in [5.41, 5.74) is 3.13. The Labute approximate surface area is 134 Å². The van der Waals surface area contributed by atoms with Crippen molar-refractivity contribution in [3.05, 3.63) is 28.8 Å². The van der Waals surface area contributed by atoms with Crippen molar-refractivity contribution in [1.29, 1.82) is 0 Å². The van der Waals surface area contributed by atoms with E-state index in [-0.39, 0.29) is 12.3 Å². The van der Waals surface area contributed by atoms with Gasteiger partial charge < -0.3 is 14.2 Å². The topological polar surface area (TPSA) is 69.2 Å². The van der Waals surface area contributed by atoms with Crippen molar-refractivity contribution in [1.82, 2.24) is 5.43 Å². The highest BCUT2D eigenvalue weighted by atomic mass is 35.5. The normalized spacial score (nSPS) is 16.9. The van der Waals surface area contributed by atoms with E-state index in [0.717, 1.165) is 0 Å². The van der Waals surface area contributed by atoms with E-state index >= 15 is 0 Å². The van der Waals surface area contributed by atoms with Crippen LogP contribution in [0.25, 0.3) is 0 Å². The van der Waals surface area contributed by atoms with Crippen LogP contribution in [-0.2, 0) is 14.3 Å². The fraction of sp³-hybridized carbons (Fsp3) is 0.467. The van der Waals surface area contributed by atoms with Gasteiger partial charge in [-0.3, -0.25) is 4.79 Å². The van der Waals surface area contributed by atoms with Crippen LogP contribution in [0.1, 0.15) is 25.8 Å². The molecule has 1 N–H and O–H groups in total. The molecule has 1 aliphatic heterocycles. The number of amides is 1. The quantitative estimate of drug-likeness (QED) is 0.643. The minimum absolute atomic E-state index is 0.0816. The molecule has 1 heterocycles. The first kappa shape index (κ1) is 16.7. The molecule has 1 saturated heterocycles. The van der Waals surface area contributed by atoms with Gasteiger partial charge in [-0.1, -0.05) is 11.6 Å². The number of carbonyl (C=O) groups is 1. The van der Waals surface area contributed by atoms with Gasteiger partial charge in [-0.15, -0.1) is 0 Å². The molecule has 0 spiro atoms. The first-order valence-electron chi connectivity index (χ1n) is 7.04. The summed E-state index contributed by atoms with van der Waals surface area (Å²) in [5, 5.41) is 4.49. The van der Waals surface area contributed by atoms with E-state index in [1.165, 1.54) is 6.21 Å². The molecule has 6 nitrogen and oxygen atoms in total. The summed E-state index contributed by atoms with van der Waals surface area (Å²) in [5.74, 6) is -0.508. The van der Waals surface area contributed by atoms with Gasteiger partial charge in [-0.05, 0) is 32.0 Å². The Morgan fingerprint density at radius 1 is 1.50 bits per heavy atom. The lowest BCUT2D eigenvalue weighted by Crippen LogP contribution is -2.33. The van der Waals surface area contributed by atoms with E-state index in [2.05, 4.69) is 10.5 Å². The summed E-state index contributed by atoms with van der Waals surface area (Å²) in [7, 11) is 0. The van der Waals surface area contributed by atoms with Crippen molar-refractivity contribution in [3.63, 3.8) is 0 Å². The predicted molar refractivity (Wildman–Crippen MR) is 83.3 cm³/mol. The molecule has 0 atom stereocenters. The SMILES string of the molecule is CCOc1ccc(Cl)cc1C=NNC(=O)CC1(C)OCCO1. The Kier molecular flexibility index (Phi) is 5.76. The molecule has 0 aliphatic carbocycles. The number of hydrogen-bond donors (Lipinski definition) is 1. The van der Waals surface area contributed by atoms with Crippen molar-refractivity contribution >= 4 is 23.7 Å². The fourth-order valence-electron chi connectivity index (χ4n) is 2.07. The monoisotopic (exact) mass is 326 g/mol. The van der Waals surface area contributed by atoms with E-state index in [1.54, 1.807) is 25.1 Å². The van der Waals surface area contributed by atoms with E-state index < -0.39 is 5.79 Å². The van der Waals surface area contributed by atoms with Crippen molar-refractivity contribution in [2.24, 2.45) is 5.10 Å². The van der Waals surface area contributed by atoms with Crippen molar-refractivity contribution in [2.75, 3.05) is 19.8 Å². The zero-order chi connectivity index (χ0) is 16.0. The van der Waals surface area contributed by atoms with Crippen LogP contribution in [0, 0.1) is 0 Å². The van der Waals surface area contributed by atoms with Crippen LogP contribution in [0.5, 0.6) is 5.75 Å². The predicted octanol–water partition coefficient (Wildman–Crippen LogP) is 2.34. The van der Waals surface area contributed by atoms with Crippen LogP contribution in [0.4, 0.5) is 0 Å².